The Labute approximate surface area is 165 Å². The minimum absolute atomic E-state index is 0.121. The first kappa shape index (κ1) is 19.5. The number of carbonyl (C=O) groups excluding carboxylic acids is 1. The zero-order chi connectivity index (χ0) is 19.4. The van der Waals surface area contributed by atoms with Crippen LogP contribution in [0.3, 0.4) is 0 Å². The van der Waals surface area contributed by atoms with Crippen LogP contribution in [0.4, 0.5) is 0 Å². The van der Waals surface area contributed by atoms with Crippen LogP contribution in [0.15, 0.2) is 51.0 Å². The molecule has 0 unspecified atom stereocenters. The van der Waals surface area contributed by atoms with Gasteiger partial charge in [-0.05, 0) is 43.7 Å². The summed E-state index contributed by atoms with van der Waals surface area (Å²) in [5.74, 6) is 0.529. The lowest BCUT2D eigenvalue weighted by molar-refractivity contribution is -0.120. The number of benzene rings is 1. The summed E-state index contributed by atoms with van der Waals surface area (Å²) in [6.45, 7) is 4.63. The van der Waals surface area contributed by atoms with E-state index >= 15 is 0 Å². The van der Waals surface area contributed by atoms with E-state index in [9.17, 15) is 9.59 Å². The third kappa shape index (κ3) is 4.54. The number of carbonyl (C=O) groups is 1. The fraction of sp³-hybridized carbons (Fsp3) is 0.316. The van der Waals surface area contributed by atoms with E-state index in [0.717, 1.165) is 6.42 Å². The van der Waals surface area contributed by atoms with Crippen LogP contribution < -0.4 is 10.9 Å². The Morgan fingerprint density at radius 3 is 2.93 bits per heavy atom. The third-order valence-corrected chi connectivity index (χ3v) is 5.32. The van der Waals surface area contributed by atoms with Crippen LogP contribution in [0.5, 0.6) is 0 Å². The zero-order valence-electron chi connectivity index (χ0n) is 15.1. The van der Waals surface area contributed by atoms with E-state index in [1.54, 1.807) is 48.1 Å². The van der Waals surface area contributed by atoms with Crippen molar-refractivity contribution in [3.8, 4) is 0 Å². The first-order valence-electron chi connectivity index (χ1n) is 8.66. The summed E-state index contributed by atoms with van der Waals surface area (Å²) in [5, 5.41) is 3.95. The lowest BCUT2D eigenvalue weighted by Crippen LogP contribution is -2.31. The Hall–Kier alpha value is -2.25. The summed E-state index contributed by atoms with van der Waals surface area (Å²) in [5.41, 5.74) is 0.412. The van der Waals surface area contributed by atoms with E-state index < -0.39 is 5.25 Å². The zero-order valence-corrected chi connectivity index (χ0v) is 16.6. The van der Waals surface area contributed by atoms with E-state index in [0.29, 0.717) is 39.9 Å². The normalized spacial score (nSPS) is 12.3. The van der Waals surface area contributed by atoms with Gasteiger partial charge in [0.05, 0.1) is 29.0 Å². The molecule has 3 aromatic rings. The predicted molar refractivity (Wildman–Crippen MR) is 107 cm³/mol. The van der Waals surface area contributed by atoms with Crippen LogP contribution in [-0.4, -0.2) is 20.7 Å². The van der Waals surface area contributed by atoms with Gasteiger partial charge in [0.15, 0.2) is 5.16 Å². The molecule has 27 heavy (non-hydrogen) atoms. The molecule has 1 N–H and O–H groups in total. The second-order valence-corrected chi connectivity index (χ2v) is 7.81. The fourth-order valence-corrected chi connectivity index (χ4v) is 3.75. The molecule has 0 aliphatic carbocycles. The number of halogens is 1. The summed E-state index contributed by atoms with van der Waals surface area (Å²) in [6.07, 6.45) is 2.35. The van der Waals surface area contributed by atoms with Crippen molar-refractivity contribution in [2.45, 2.75) is 43.8 Å². The summed E-state index contributed by atoms with van der Waals surface area (Å²) >= 11 is 7.30. The van der Waals surface area contributed by atoms with Crippen molar-refractivity contribution in [2.24, 2.45) is 0 Å². The Morgan fingerprint density at radius 2 is 2.22 bits per heavy atom. The molecule has 1 aromatic carbocycles. The summed E-state index contributed by atoms with van der Waals surface area (Å²) in [7, 11) is 0. The van der Waals surface area contributed by atoms with Crippen LogP contribution in [0, 0.1) is 0 Å². The Morgan fingerprint density at radius 1 is 1.41 bits per heavy atom. The van der Waals surface area contributed by atoms with Crippen molar-refractivity contribution >= 4 is 40.2 Å². The number of thioether (sulfide) groups is 1. The van der Waals surface area contributed by atoms with E-state index in [4.69, 9.17) is 16.0 Å². The molecule has 0 fully saturated rings. The van der Waals surface area contributed by atoms with Gasteiger partial charge in [-0.1, -0.05) is 30.3 Å². The third-order valence-electron chi connectivity index (χ3n) is 4.00. The van der Waals surface area contributed by atoms with Crippen molar-refractivity contribution in [3.63, 3.8) is 0 Å². The van der Waals surface area contributed by atoms with Crippen LogP contribution >= 0.6 is 23.4 Å². The van der Waals surface area contributed by atoms with Crippen LogP contribution in [0.2, 0.25) is 5.02 Å². The van der Waals surface area contributed by atoms with Crippen molar-refractivity contribution in [3.05, 3.63) is 57.7 Å². The SMILES string of the molecule is CCCn1c(S[C@@H](C)C(=O)NCc2ccco2)nc2cc(Cl)ccc2c1=O. The molecule has 0 bridgehead atoms. The molecule has 3 rings (SSSR count). The number of nitrogens with zero attached hydrogens (tertiary/aromatic N) is 2. The smallest absolute Gasteiger partial charge is 0.262 e. The molecule has 142 valence electrons. The number of rotatable bonds is 7. The molecule has 1 amide bonds. The average Bonchev–Trinajstić information content (AvgIpc) is 3.16. The number of nitrogens with one attached hydrogen (secondary N) is 1. The monoisotopic (exact) mass is 405 g/mol. The second kappa shape index (κ2) is 8.63. The number of furan rings is 1. The summed E-state index contributed by atoms with van der Waals surface area (Å²) < 4.78 is 6.84. The van der Waals surface area contributed by atoms with Gasteiger partial charge >= 0.3 is 0 Å². The van der Waals surface area contributed by atoms with Gasteiger partial charge < -0.3 is 9.73 Å². The maximum Gasteiger partial charge on any atom is 0.262 e. The largest absolute Gasteiger partial charge is 0.467 e. The fourth-order valence-electron chi connectivity index (χ4n) is 2.63. The molecule has 2 heterocycles. The summed E-state index contributed by atoms with van der Waals surface area (Å²) in [4.78, 5) is 29.8. The van der Waals surface area contributed by atoms with Gasteiger partial charge in [0.1, 0.15) is 5.76 Å². The lowest BCUT2D eigenvalue weighted by atomic mass is 10.2. The van der Waals surface area contributed by atoms with Crippen LogP contribution in [0.1, 0.15) is 26.0 Å². The predicted octanol–water partition coefficient (Wildman–Crippen LogP) is 3.85. The second-order valence-electron chi connectivity index (χ2n) is 6.07. The highest BCUT2D eigenvalue weighted by Crippen LogP contribution is 2.24. The topological polar surface area (TPSA) is 77.1 Å². The van der Waals surface area contributed by atoms with Gasteiger partial charge in [0.25, 0.3) is 5.56 Å². The van der Waals surface area contributed by atoms with Gasteiger partial charge in [0.2, 0.25) is 5.91 Å². The minimum Gasteiger partial charge on any atom is -0.467 e. The maximum absolute atomic E-state index is 12.8. The number of hydrogen-bond acceptors (Lipinski definition) is 5. The van der Waals surface area contributed by atoms with Crippen LogP contribution in [-0.2, 0) is 17.9 Å². The quantitative estimate of drug-likeness (QED) is 0.477. The van der Waals surface area contributed by atoms with Crippen molar-refractivity contribution < 1.29 is 9.21 Å². The Balaban J connectivity index is 1.84. The van der Waals surface area contributed by atoms with E-state index in [2.05, 4.69) is 10.3 Å². The molecule has 2 aromatic heterocycles. The number of fused-ring (bicyclic) bond motifs is 1. The maximum atomic E-state index is 12.8. The van der Waals surface area contributed by atoms with E-state index in [1.165, 1.54) is 11.8 Å². The highest BCUT2D eigenvalue weighted by molar-refractivity contribution is 8.00. The Bertz CT molecular complexity index is 1000. The minimum atomic E-state index is -0.424. The highest BCUT2D eigenvalue weighted by atomic mass is 35.5. The van der Waals surface area contributed by atoms with Gasteiger partial charge in [-0.3, -0.25) is 14.2 Å². The lowest BCUT2D eigenvalue weighted by Gasteiger charge is -2.16. The summed E-state index contributed by atoms with van der Waals surface area (Å²) in [6, 6.07) is 8.60. The molecule has 0 aliphatic rings. The average molecular weight is 406 g/mol. The molecule has 1 atom stereocenters. The molecular weight excluding hydrogens is 386 g/mol. The van der Waals surface area contributed by atoms with Gasteiger partial charge in [-0.2, -0.15) is 0 Å². The first-order chi connectivity index (χ1) is 13.0. The molecule has 0 aliphatic heterocycles. The standard InChI is InChI=1S/C19H20ClN3O3S/c1-3-8-23-18(25)15-7-6-13(20)10-16(15)22-19(23)27-12(2)17(24)21-11-14-5-4-9-26-14/h4-7,9-10,12H,3,8,11H2,1-2H3,(H,21,24)/t12-/m0/s1. The molecule has 0 radical (unpaired) electrons. The molecule has 0 spiro atoms. The first-order valence-corrected chi connectivity index (χ1v) is 9.92. The number of hydrogen-bond donors (Lipinski definition) is 1. The van der Waals surface area contributed by atoms with Gasteiger partial charge in [-0.25, -0.2) is 4.98 Å². The van der Waals surface area contributed by atoms with Crippen molar-refractivity contribution in [2.75, 3.05) is 0 Å². The highest BCUT2D eigenvalue weighted by Gasteiger charge is 2.19. The molecule has 8 heteroatoms. The van der Waals surface area contributed by atoms with Crippen LogP contribution in [0.25, 0.3) is 10.9 Å². The van der Waals surface area contributed by atoms with E-state index in [1.807, 2.05) is 6.92 Å². The van der Waals surface area contributed by atoms with Gasteiger partial charge in [-0.15, -0.1) is 0 Å². The number of amides is 1. The number of aromatic nitrogens is 2. The molecular formula is C19H20ClN3O3S. The molecule has 6 nitrogen and oxygen atoms in total. The molecule has 0 saturated carbocycles. The van der Waals surface area contributed by atoms with E-state index in [-0.39, 0.29) is 11.5 Å². The van der Waals surface area contributed by atoms with Crippen molar-refractivity contribution in [1.82, 2.24) is 14.9 Å². The molecule has 0 saturated heterocycles. The van der Waals surface area contributed by atoms with Crippen molar-refractivity contribution in [1.29, 1.82) is 0 Å². The van der Waals surface area contributed by atoms with Gasteiger partial charge in [0, 0.05) is 11.6 Å². The Kier molecular flexibility index (Phi) is 6.23.